The maximum Gasteiger partial charge on any atom is 0.130 e. The SMILES string of the molecule is CCc1nccc(NCCc2cn[nH]n2)n1. The quantitative estimate of drug-likeness (QED) is 0.776. The lowest BCUT2D eigenvalue weighted by Gasteiger charge is -2.04. The standard InChI is InChI=1S/C10H14N6/c1-2-9-11-6-4-10(14-9)12-5-3-8-7-13-16-15-8/h4,6-7H,2-3,5H2,1H3,(H,11,12,14)(H,13,15,16). The molecule has 2 aromatic rings. The summed E-state index contributed by atoms with van der Waals surface area (Å²) in [6, 6.07) is 1.86. The predicted molar refractivity (Wildman–Crippen MR) is 60.0 cm³/mol. The Morgan fingerprint density at radius 3 is 3.12 bits per heavy atom. The third-order valence-corrected chi connectivity index (χ3v) is 2.17. The van der Waals surface area contributed by atoms with Crippen LogP contribution in [0, 0.1) is 0 Å². The Morgan fingerprint density at radius 1 is 1.44 bits per heavy atom. The van der Waals surface area contributed by atoms with Gasteiger partial charge in [0.25, 0.3) is 0 Å². The molecular weight excluding hydrogens is 204 g/mol. The average Bonchev–Trinajstić information content (AvgIpc) is 2.82. The van der Waals surface area contributed by atoms with Crippen LogP contribution in [0.1, 0.15) is 18.4 Å². The van der Waals surface area contributed by atoms with Crippen molar-refractivity contribution in [3.63, 3.8) is 0 Å². The maximum absolute atomic E-state index is 4.34. The Bertz CT molecular complexity index is 425. The van der Waals surface area contributed by atoms with Crippen molar-refractivity contribution in [3.8, 4) is 0 Å². The van der Waals surface area contributed by atoms with Crippen molar-refractivity contribution < 1.29 is 0 Å². The van der Waals surface area contributed by atoms with Gasteiger partial charge >= 0.3 is 0 Å². The Hall–Kier alpha value is -1.98. The van der Waals surface area contributed by atoms with Gasteiger partial charge in [-0.3, -0.25) is 0 Å². The monoisotopic (exact) mass is 218 g/mol. The highest BCUT2D eigenvalue weighted by atomic mass is 15.3. The van der Waals surface area contributed by atoms with Crippen LogP contribution in [0.2, 0.25) is 0 Å². The molecule has 0 saturated carbocycles. The van der Waals surface area contributed by atoms with Gasteiger partial charge in [-0.25, -0.2) is 9.97 Å². The molecule has 2 rings (SSSR count). The van der Waals surface area contributed by atoms with E-state index < -0.39 is 0 Å². The van der Waals surface area contributed by atoms with Crippen molar-refractivity contribution in [1.29, 1.82) is 0 Å². The second-order valence-corrected chi connectivity index (χ2v) is 3.35. The summed E-state index contributed by atoms with van der Waals surface area (Å²) in [5, 5.41) is 13.5. The highest BCUT2D eigenvalue weighted by Crippen LogP contribution is 2.02. The molecule has 0 spiro atoms. The highest BCUT2D eigenvalue weighted by Gasteiger charge is 1.98. The molecule has 0 fully saturated rings. The van der Waals surface area contributed by atoms with Crippen molar-refractivity contribution in [2.75, 3.05) is 11.9 Å². The number of nitrogens with zero attached hydrogens (tertiary/aromatic N) is 4. The molecule has 0 bridgehead atoms. The summed E-state index contributed by atoms with van der Waals surface area (Å²) in [6.07, 6.45) is 5.16. The van der Waals surface area contributed by atoms with E-state index >= 15 is 0 Å². The molecule has 0 aliphatic heterocycles. The summed E-state index contributed by atoms with van der Waals surface area (Å²) in [5.74, 6) is 1.71. The van der Waals surface area contributed by atoms with E-state index in [-0.39, 0.29) is 0 Å². The van der Waals surface area contributed by atoms with Crippen LogP contribution < -0.4 is 5.32 Å². The molecule has 6 nitrogen and oxygen atoms in total. The minimum absolute atomic E-state index is 0.784. The van der Waals surface area contributed by atoms with Crippen LogP contribution in [-0.4, -0.2) is 31.9 Å². The van der Waals surface area contributed by atoms with Gasteiger partial charge in [-0.2, -0.15) is 15.4 Å². The zero-order valence-electron chi connectivity index (χ0n) is 9.14. The third-order valence-electron chi connectivity index (χ3n) is 2.17. The maximum atomic E-state index is 4.34. The fourth-order valence-electron chi connectivity index (χ4n) is 1.33. The summed E-state index contributed by atoms with van der Waals surface area (Å²) in [5.41, 5.74) is 0.942. The molecule has 0 saturated heterocycles. The lowest BCUT2D eigenvalue weighted by Crippen LogP contribution is -2.07. The summed E-state index contributed by atoms with van der Waals surface area (Å²) in [4.78, 5) is 8.48. The van der Waals surface area contributed by atoms with Crippen molar-refractivity contribution in [2.24, 2.45) is 0 Å². The van der Waals surface area contributed by atoms with E-state index in [9.17, 15) is 0 Å². The topological polar surface area (TPSA) is 79.4 Å². The van der Waals surface area contributed by atoms with Crippen LogP contribution in [0.3, 0.4) is 0 Å². The van der Waals surface area contributed by atoms with E-state index in [0.29, 0.717) is 0 Å². The fourth-order valence-corrected chi connectivity index (χ4v) is 1.33. The zero-order chi connectivity index (χ0) is 11.2. The first-order chi connectivity index (χ1) is 7.88. The summed E-state index contributed by atoms with van der Waals surface area (Å²) >= 11 is 0. The van der Waals surface area contributed by atoms with Gasteiger partial charge in [-0.05, 0) is 6.07 Å². The molecule has 0 atom stereocenters. The van der Waals surface area contributed by atoms with Crippen LogP contribution >= 0.6 is 0 Å². The number of aromatic amines is 1. The number of anilines is 1. The van der Waals surface area contributed by atoms with Crippen molar-refractivity contribution >= 4 is 5.82 Å². The molecule has 2 N–H and O–H groups in total. The van der Waals surface area contributed by atoms with Crippen LogP contribution in [0.25, 0.3) is 0 Å². The van der Waals surface area contributed by atoms with E-state index in [1.165, 1.54) is 0 Å². The van der Waals surface area contributed by atoms with Crippen molar-refractivity contribution in [2.45, 2.75) is 19.8 Å². The molecule has 2 aromatic heterocycles. The van der Waals surface area contributed by atoms with Gasteiger partial charge in [0.05, 0.1) is 11.9 Å². The van der Waals surface area contributed by atoms with Crippen LogP contribution in [-0.2, 0) is 12.8 Å². The number of aromatic nitrogens is 5. The molecule has 16 heavy (non-hydrogen) atoms. The van der Waals surface area contributed by atoms with Crippen LogP contribution in [0.15, 0.2) is 18.5 Å². The minimum atomic E-state index is 0.784. The second-order valence-electron chi connectivity index (χ2n) is 3.35. The number of H-pyrrole nitrogens is 1. The third kappa shape index (κ3) is 2.75. The highest BCUT2D eigenvalue weighted by molar-refractivity contribution is 5.32. The Balaban J connectivity index is 1.85. The summed E-state index contributed by atoms with van der Waals surface area (Å²) < 4.78 is 0. The Kier molecular flexibility index (Phi) is 3.42. The zero-order valence-corrected chi connectivity index (χ0v) is 9.14. The van der Waals surface area contributed by atoms with E-state index in [2.05, 4.69) is 30.7 Å². The van der Waals surface area contributed by atoms with Gasteiger partial charge in [0, 0.05) is 25.6 Å². The Morgan fingerprint density at radius 2 is 2.38 bits per heavy atom. The second kappa shape index (κ2) is 5.20. The van der Waals surface area contributed by atoms with Crippen LogP contribution in [0.4, 0.5) is 5.82 Å². The first-order valence-electron chi connectivity index (χ1n) is 5.29. The van der Waals surface area contributed by atoms with E-state index in [1.54, 1.807) is 12.4 Å². The van der Waals surface area contributed by atoms with Gasteiger partial charge in [-0.1, -0.05) is 6.92 Å². The van der Waals surface area contributed by atoms with Crippen molar-refractivity contribution in [3.05, 3.63) is 30.0 Å². The van der Waals surface area contributed by atoms with Gasteiger partial charge in [0.1, 0.15) is 11.6 Å². The van der Waals surface area contributed by atoms with E-state index in [1.807, 2.05) is 13.0 Å². The molecule has 0 aromatic carbocycles. The van der Waals surface area contributed by atoms with Gasteiger partial charge < -0.3 is 5.32 Å². The first kappa shape index (κ1) is 10.5. The van der Waals surface area contributed by atoms with Gasteiger partial charge in [0.2, 0.25) is 0 Å². The van der Waals surface area contributed by atoms with Gasteiger partial charge in [0.15, 0.2) is 0 Å². The number of nitrogens with one attached hydrogen (secondary N) is 2. The molecule has 0 amide bonds. The number of hydrogen-bond donors (Lipinski definition) is 2. The van der Waals surface area contributed by atoms with Crippen LogP contribution in [0.5, 0.6) is 0 Å². The largest absolute Gasteiger partial charge is 0.370 e. The Labute approximate surface area is 93.5 Å². The van der Waals surface area contributed by atoms with E-state index in [0.717, 1.165) is 36.7 Å². The summed E-state index contributed by atoms with van der Waals surface area (Å²) in [7, 11) is 0. The number of hydrogen-bond acceptors (Lipinski definition) is 5. The predicted octanol–water partition coefficient (Wildman–Crippen LogP) is 0.812. The fraction of sp³-hybridized carbons (Fsp3) is 0.400. The molecule has 0 unspecified atom stereocenters. The number of rotatable bonds is 5. The molecule has 2 heterocycles. The van der Waals surface area contributed by atoms with E-state index in [4.69, 9.17) is 0 Å². The normalized spacial score (nSPS) is 10.3. The smallest absolute Gasteiger partial charge is 0.130 e. The lowest BCUT2D eigenvalue weighted by atomic mass is 10.3. The molecule has 84 valence electrons. The molecule has 6 heteroatoms. The molecule has 0 radical (unpaired) electrons. The molecule has 0 aliphatic rings. The number of aryl methyl sites for hydroxylation is 1. The molecular formula is C10H14N6. The average molecular weight is 218 g/mol. The van der Waals surface area contributed by atoms with Crippen molar-refractivity contribution in [1.82, 2.24) is 25.4 Å². The summed E-state index contributed by atoms with van der Waals surface area (Å²) in [6.45, 7) is 2.82. The molecule has 0 aliphatic carbocycles. The minimum Gasteiger partial charge on any atom is -0.370 e. The lowest BCUT2D eigenvalue weighted by molar-refractivity contribution is 0.884. The first-order valence-corrected chi connectivity index (χ1v) is 5.29. The van der Waals surface area contributed by atoms with Gasteiger partial charge in [-0.15, -0.1) is 0 Å².